The summed E-state index contributed by atoms with van der Waals surface area (Å²) in [5, 5.41) is 11.6. The van der Waals surface area contributed by atoms with Crippen LogP contribution in [0.15, 0.2) is 28.1 Å². The minimum Gasteiger partial charge on any atom is -0.308 e. The van der Waals surface area contributed by atoms with E-state index >= 15 is 0 Å². The van der Waals surface area contributed by atoms with Gasteiger partial charge in [-0.2, -0.15) is 5.10 Å². The summed E-state index contributed by atoms with van der Waals surface area (Å²) >= 11 is 3.23. The predicted molar refractivity (Wildman–Crippen MR) is 78.1 cm³/mol. The van der Waals surface area contributed by atoms with Crippen LogP contribution in [0.25, 0.3) is 4.96 Å². The van der Waals surface area contributed by atoms with Crippen molar-refractivity contribution in [1.82, 2.24) is 29.5 Å². The number of hydrogen-bond acceptors (Lipinski definition) is 6. The maximum Gasteiger partial charge on any atom is 0.194 e. The summed E-state index contributed by atoms with van der Waals surface area (Å²) in [4.78, 5) is 10.0. The van der Waals surface area contributed by atoms with Crippen molar-refractivity contribution in [3.8, 4) is 0 Å². The molecule has 3 aromatic rings. The topological polar surface area (TPSA) is 60.0 Å². The third kappa shape index (κ3) is 2.23. The van der Waals surface area contributed by atoms with Crippen LogP contribution in [0.4, 0.5) is 0 Å². The van der Waals surface area contributed by atoms with Crippen molar-refractivity contribution in [2.24, 2.45) is 7.05 Å². The number of hydrogen-bond donors (Lipinski definition) is 1. The molecule has 1 N–H and O–H groups in total. The fourth-order valence-corrected chi connectivity index (χ4v) is 3.71. The molecular formula is C12H14N6S2. The summed E-state index contributed by atoms with van der Waals surface area (Å²) in [7, 11) is 1.90. The Balaban J connectivity index is 1.67. The Kier molecular flexibility index (Phi) is 3.01. The molecule has 3 aromatic heterocycles. The molecule has 0 bridgehead atoms. The van der Waals surface area contributed by atoms with Gasteiger partial charge in [-0.1, -0.05) is 0 Å². The molecule has 0 unspecified atom stereocenters. The molecule has 4 rings (SSSR count). The zero-order chi connectivity index (χ0) is 13.5. The third-order valence-corrected chi connectivity index (χ3v) is 5.15. The summed E-state index contributed by atoms with van der Waals surface area (Å²) < 4.78 is 3.94. The third-order valence-electron chi connectivity index (χ3n) is 3.32. The van der Waals surface area contributed by atoms with E-state index in [-0.39, 0.29) is 0 Å². The first kappa shape index (κ1) is 12.4. The Morgan fingerprint density at radius 3 is 3.15 bits per heavy atom. The highest BCUT2D eigenvalue weighted by atomic mass is 32.2. The van der Waals surface area contributed by atoms with Gasteiger partial charge in [0.05, 0.1) is 5.69 Å². The van der Waals surface area contributed by atoms with E-state index in [9.17, 15) is 0 Å². The Labute approximate surface area is 124 Å². The van der Waals surface area contributed by atoms with Crippen LogP contribution in [0.3, 0.4) is 0 Å². The predicted octanol–water partition coefficient (Wildman–Crippen LogP) is 1.93. The number of nitrogens with zero attached hydrogens (tertiary/aromatic N) is 5. The van der Waals surface area contributed by atoms with Crippen LogP contribution in [-0.4, -0.2) is 30.2 Å². The molecule has 1 aliphatic carbocycles. The zero-order valence-electron chi connectivity index (χ0n) is 11.0. The monoisotopic (exact) mass is 306 g/mol. The molecule has 1 aliphatic rings. The smallest absolute Gasteiger partial charge is 0.194 e. The Morgan fingerprint density at radius 1 is 1.50 bits per heavy atom. The molecule has 1 fully saturated rings. The fraction of sp³-hybridized carbons (Fsp3) is 0.417. The SMILES string of the molecule is Cn1ncnc1Sc1nc2sccn2c1CNC1CC1. The molecule has 0 amide bonds. The Bertz CT molecular complexity index is 738. The summed E-state index contributed by atoms with van der Waals surface area (Å²) in [6.45, 7) is 0.850. The number of imidazole rings is 1. The van der Waals surface area contributed by atoms with Gasteiger partial charge in [-0.05, 0) is 24.6 Å². The van der Waals surface area contributed by atoms with Gasteiger partial charge in [-0.15, -0.1) is 11.3 Å². The lowest BCUT2D eigenvalue weighted by molar-refractivity contribution is 0.659. The quantitative estimate of drug-likeness (QED) is 0.780. The van der Waals surface area contributed by atoms with Gasteiger partial charge in [0.2, 0.25) is 0 Å². The summed E-state index contributed by atoms with van der Waals surface area (Å²) in [5.41, 5.74) is 1.21. The first-order chi connectivity index (χ1) is 9.81. The highest BCUT2D eigenvalue weighted by Gasteiger charge is 2.23. The molecule has 0 saturated heterocycles. The van der Waals surface area contributed by atoms with Gasteiger partial charge in [0.1, 0.15) is 11.4 Å². The van der Waals surface area contributed by atoms with E-state index in [1.807, 2.05) is 7.05 Å². The second-order valence-electron chi connectivity index (χ2n) is 4.84. The largest absolute Gasteiger partial charge is 0.308 e. The molecule has 104 valence electrons. The molecular weight excluding hydrogens is 292 g/mol. The maximum atomic E-state index is 4.71. The van der Waals surface area contributed by atoms with Gasteiger partial charge in [0.15, 0.2) is 10.1 Å². The average Bonchev–Trinajstić information content (AvgIpc) is 2.85. The van der Waals surface area contributed by atoms with Gasteiger partial charge in [-0.25, -0.2) is 14.6 Å². The van der Waals surface area contributed by atoms with E-state index in [1.165, 1.54) is 18.5 Å². The summed E-state index contributed by atoms with van der Waals surface area (Å²) in [6, 6.07) is 0.687. The lowest BCUT2D eigenvalue weighted by atomic mass is 10.4. The minimum atomic E-state index is 0.687. The number of aromatic nitrogens is 5. The number of fused-ring (bicyclic) bond motifs is 1. The number of nitrogens with one attached hydrogen (secondary N) is 1. The van der Waals surface area contributed by atoms with Crippen molar-refractivity contribution in [2.45, 2.75) is 35.6 Å². The van der Waals surface area contributed by atoms with Crippen LogP contribution >= 0.6 is 23.1 Å². The number of aryl methyl sites for hydroxylation is 1. The standard InChI is InChI=1S/C12H14N6S2/c1-17-11(14-7-15-17)20-10-9(6-13-8-2-3-8)18-4-5-19-12(18)16-10/h4-5,7-8,13H,2-3,6H2,1H3. The van der Waals surface area contributed by atoms with Crippen molar-refractivity contribution in [3.05, 3.63) is 23.6 Å². The van der Waals surface area contributed by atoms with Crippen molar-refractivity contribution in [3.63, 3.8) is 0 Å². The van der Waals surface area contributed by atoms with Gasteiger partial charge in [0.25, 0.3) is 0 Å². The first-order valence-corrected chi connectivity index (χ1v) is 8.20. The normalized spacial score (nSPS) is 15.2. The van der Waals surface area contributed by atoms with Gasteiger partial charge in [-0.3, -0.25) is 4.40 Å². The van der Waals surface area contributed by atoms with E-state index in [0.29, 0.717) is 6.04 Å². The average molecular weight is 306 g/mol. The second-order valence-corrected chi connectivity index (χ2v) is 6.67. The zero-order valence-corrected chi connectivity index (χ0v) is 12.6. The molecule has 8 heteroatoms. The highest BCUT2D eigenvalue weighted by Crippen LogP contribution is 2.31. The molecule has 0 atom stereocenters. The van der Waals surface area contributed by atoms with Gasteiger partial charge >= 0.3 is 0 Å². The van der Waals surface area contributed by atoms with Crippen LogP contribution in [0.1, 0.15) is 18.5 Å². The molecule has 1 saturated carbocycles. The van der Waals surface area contributed by atoms with Crippen molar-refractivity contribution < 1.29 is 0 Å². The first-order valence-electron chi connectivity index (χ1n) is 6.51. The van der Waals surface area contributed by atoms with E-state index in [0.717, 1.165) is 21.7 Å². The van der Waals surface area contributed by atoms with E-state index in [1.54, 1.807) is 34.1 Å². The minimum absolute atomic E-state index is 0.687. The van der Waals surface area contributed by atoms with Crippen LogP contribution < -0.4 is 5.32 Å². The van der Waals surface area contributed by atoms with Gasteiger partial charge < -0.3 is 5.32 Å². The molecule has 20 heavy (non-hydrogen) atoms. The van der Waals surface area contributed by atoms with Crippen LogP contribution in [0.5, 0.6) is 0 Å². The second kappa shape index (κ2) is 4.87. The lowest BCUT2D eigenvalue weighted by Gasteiger charge is -2.04. The van der Waals surface area contributed by atoms with Crippen LogP contribution in [-0.2, 0) is 13.6 Å². The maximum absolute atomic E-state index is 4.71. The van der Waals surface area contributed by atoms with Crippen LogP contribution in [0.2, 0.25) is 0 Å². The fourth-order valence-electron chi connectivity index (χ4n) is 2.05. The summed E-state index contributed by atoms with van der Waals surface area (Å²) in [6.07, 6.45) is 6.23. The van der Waals surface area contributed by atoms with E-state index in [4.69, 9.17) is 4.98 Å². The molecule has 6 nitrogen and oxygen atoms in total. The molecule has 0 spiro atoms. The summed E-state index contributed by atoms with van der Waals surface area (Å²) in [5.74, 6) is 0. The molecule has 0 aliphatic heterocycles. The van der Waals surface area contributed by atoms with E-state index < -0.39 is 0 Å². The van der Waals surface area contributed by atoms with E-state index in [2.05, 4.69) is 31.4 Å². The molecule has 0 aromatic carbocycles. The lowest BCUT2D eigenvalue weighted by Crippen LogP contribution is -2.17. The van der Waals surface area contributed by atoms with Crippen molar-refractivity contribution >= 4 is 28.1 Å². The van der Waals surface area contributed by atoms with Crippen molar-refractivity contribution in [1.29, 1.82) is 0 Å². The molecule has 0 radical (unpaired) electrons. The number of rotatable bonds is 5. The Morgan fingerprint density at radius 2 is 2.40 bits per heavy atom. The number of thiazole rings is 1. The van der Waals surface area contributed by atoms with Crippen molar-refractivity contribution in [2.75, 3.05) is 0 Å². The highest BCUT2D eigenvalue weighted by molar-refractivity contribution is 7.99. The Hall–Kier alpha value is -1.38. The van der Waals surface area contributed by atoms with Gasteiger partial charge in [0, 0.05) is 31.2 Å². The van der Waals surface area contributed by atoms with Crippen LogP contribution in [0, 0.1) is 0 Å². The molecule has 3 heterocycles.